The number of hydrogen-bond acceptors (Lipinski definition) is 0. The van der Waals surface area contributed by atoms with Crippen molar-refractivity contribution < 1.29 is 16.8 Å². The van der Waals surface area contributed by atoms with E-state index in [4.69, 9.17) is 22.9 Å². The molecule has 0 aromatic carbocycles. The Morgan fingerprint density at radius 2 is 0.923 bits per heavy atom. The molecule has 0 rings (SSSR count). The Kier molecular flexibility index (Phi) is 51.2. The molecule has 13 heavy (non-hydrogen) atoms. The summed E-state index contributed by atoms with van der Waals surface area (Å²) >= 11 is 0. The van der Waals surface area contributed by atoms with Crippen LogP contribution in [0.4, 0.5) is 0 Å². The summed E-state index contributed by atoms with van der Waals surface area (Å²) in [6, 6.07) is -0.398. The third-order valence-corrected chi connectivity index (χ3v) is 0.612. The average molecular weight is 235 g/mol. The summed E-state index contributed by atoms with van der Waals surface area (Å²) in [6.45, 7) is 3.85. The molecule has 2 unspecified atom stereocenters. The first-order valence-electron chi connectivity index (χ1n) is 3.26. The van der Waals surface area contributed by atoms with Crippen LogP contribution < -0.4 is 0 Å². The number of hydrogen-bond donors (Lipinski definition) is 0. The van der Waals surface area contributed by atoms with Crippen LogP contribution in [-0.2, 0) is 16.8 Å². The fraction of sp³-hybridized carbons (Fsp3) is 1.00. The molecule has 6 nitrogen and oxygen atoms in total. The Morgan fingerprint density at radius 3 is 0.923 bits per heavy atom. The van der Waals surface area contributed by atoms with Gasteiger partial charge in [0.15, 0.2) is 0 Å². The summed E-state index contributed by atoms with van der Waals surface area (Å²) < 4.78 is 0. The minimum atomic E-state index is -0.199. The van der Waals surface area contributed by atoms with Crippen molar-refractivity contribution in [1.82, 2.24) is 0 Å². The van der Waals surface area contributed by atoms with E-state index in [2.05, 4.69) is 0 Å². The second-order valence-electron chi connectivity index (χ2n) is 2.21. The van der Waals surface area contributed by atoms with Gasteiger partial charge in [-0.05, 0) is 0 Å². The minimum Gasteiger partial charge on any atom is -0.693 e. The topological polar surface area (TPSA) is 162 Å². The molecule has 2 atom stereocenters. The summed E-state index contributed by atoms with van der Waals surface area (Å²) in [4.78, 5) is 0. The first-order chi connectivity index (χ1) is 4.54. The van der Waals surface area contributed by atoms with Crippen LogP contribution in [0.1, 0.15) is 13.8 Å². The third kappa shape index (κ3) is 71.0. The summed E-state index contributed by atoms with van der Waals surface area (Å²) in [7, 11) is 0. The molecule has 0 saturated carbocycles. The predicted molar refractivity (Wildman–Crippen MR) is 56.5 cm³/mol. The molecule has 0 aliphatic carbocycles. The van der Waals surface area contributed by atoms with Crippen LogP contribution in [0, 0.1) is 0 Å². The Balaban J connectivity index is -0.0000000267. The van der Waals surface area contributed by atoms with E-state index in [0.717, 1.165) is 0 Å². The van der Waals surface area contributed by atoms with Gasteiger partial charge >= 0.3 is 0 Å². The van der Waals surface area contributed by atoms with Crippen LogP contribution in [0.25, 0.3) is 35.2 Å². The molecular formula is C6H20CoN6-6. The van der Waals surface area contributed by atoms with Crippen molar-refractivity contribution in [2.75, 3.05) is 13.1 Å². The SMILES string of the molecule is CC([NH-])C[NH-].CC([NH-])C[NH-].[Co].[NH2-].[NH2-]. The maximum absolute atomic E-state index is 6.64. The van der Waals surface area contributed by atoms with E-state index >= 15 is 0 Å². The second-order valence-corrected chi connectivity index (χ2v) is 2.21. The van der Waals surface area contributed by atoms with E-state index in [1.54, 1.807) is 13.8 Å². The largest absolute Gasteiger partial charge is 0.693 e. The maximum Gasteiger partial charge on any atom is 0 e. The molecule has 0 aliphatic heterocycles. The van der Waals surface area contributed by atoms with E-state index in [1.807, 2.05) is 0 Å². The van der Waals surface area contributed by atoms with E-state index in [-0.39, 0.29) is 54.3 Å². The van der Waals surface area contributed by atoms with Gasteiger partial charge in [-0.25, -0.2) is 0 Å². The van der Waals surface area contributed by atoms with Crippen molar-refractivity contribution in [3.63, 3.8) is 0 Å². The summed E-state index contributed by atoms with van der Waals surface area (Å²) in [5, 5.41) is 0. The molecule has 0 aromatic rings. The molecular weight excluding hydrogens is 215 g/mol. The second kappa shape index (κ2) is 22.8. The van der Waals surface area contributed by atoms with Crippen molar-refractivity contribution in [2.45, 2.75) is 25.9 Å². The molecule has 0 aliphatic rings. The fourth-order valence-corrected chi connectivity index (χ4v) is 0. The quantitative estimate of drug-likeness (QED) is 0.663. The monoisotopic (exact) mass is 235 g/mol. The van der Waals surface area contributed by atoms with E-state index in [1.165, 1.54) is 0 Å². The molecule has 0 spiro atoms. The van der Waals surface area contributed by atoms with Gasteiger partial charge < -0.3 is 35.2 Å². The van der Waals surface area contributed by atoms with Crippen molar-refractivity contribution in [3.8, 4) is 0 Å². The van der Waals surface area contributed by atoms with Gasteiger partial charge in [-0.1, -0.05) is 13.8 Å². The van der Waals surface area contributed by atoms with Crippen LogP contribution in [-0.4, -0.2) is 25.2 Å². The van der Waals surface area contributed by atoms with Crippen LogP contribution in [0.5, 0.6) is 0 Å². The van der Waals surface area contributed by atoms with Crippen molar-refractivity contribution in [2.24, 2.45) is 0 Å². The molecule has 8 N–H and O–H groups in total. The minimum absolute atomic E-state index is 0. The average Bonchev–Trinajstić information content (AvgIpc) is 1.89. The predicted octanol–water partition coefficient (Wildman–Crippen LogP) is 4.39. The number of rotatable bonds is 2. The first-order valence-corrected chi connectivity index (χ1v) is 3.26. The zero-order chi connectivity index (χ0) is 8.57. The fourth-order valence-electron chi connectivity index (χ4n) is 0. The van der Waals surface area contributed by atoms with Crippen LogP contribution in [0.2, 0.25) is 0 Å². The van der Waals surface area contributed by atoms with Gasteiger partial charge in [-0.2, -0.15) is 25.2 Å². The molecule has 0 fully saturated rings. The van der Waals surface area contributed by atoms with Gasteiger partial charge in [0.1, 0.15) is 0 Å². The molecule has 0 saturated heterocycles. The van der Waals surface area contributed by atoms with Gasteiger partial charge in [0.05, 0.1) is 0 Å². The third-order valence-electron chi connectivity index (χ3n) is 0.612. The Labute approximate surface area is 91.5 Å². The van der Waals surface area contributed by atoms with Gasteiger partial charge in [-0.3, -0.25) is 0 Å². The van der Waals surface area contributed by atoms with E-state index in [9.17, 15) is 0 Å². The zero-order valence-electron chi connectivity index (χ0n) is 8.06. The van der Waals surface area contributed by atoms with E-state index in [0.29, 0.717) is 0 Å². The Morgan fingerprint density at radius 1 is 0.846 bits per heavy atom. The van der Waals surface area contributed by atoms with Gasteiger partial charge in [0.2, 0.25) is 0 Å². The maximum atomic E-state index is 6.64. The Bertz CT molecular complexity index is 53.1. The molecule has 0 aromatic heterocycles. The van der Waals surface area contributed by atoms with Crippen molar-refractivity contribution in [3.05, 3.63) is 35.2 Å². The van der Waals surface area contributed by atoms with Crippen molar-refractivity contribution >= 4 is 0 Å². The van der Waals surface area contributed by atoms with Gasteiger partial charge in [0.25, 0.3) is 0 Å². The number of nitrogens with two attached hydrogens (primary N) is 2. The Hall–Kier alpha value is 0.266. The van der Waals surface area contributed by atoms with Crippen LogP contribution in [0.3, 0.4) is 0 Å². The summed E-state index contributed by atoms with van der Waals surface area (Å²) in [5.41, 5.74) is 26.2. The van der Waals surface area contributed by atoms with E-state index < -0.39 is 0 Å². The molecule has 89 valence electrons. The molecule has 0 heterocycles. The summed E-state index contributed by atoms with van der Waals surface area (Å²) in [6.07, 6.45) is 0. The smallest absolute Gasteiger partial charge is 0 e. The van der Waals surface area contributed by atoms with Crippen LogP contribution >= 0.6 is 0 Å². The molecule has 7 heteroatoms. The van der Waals surface area contributed by atoms with Crippen molar-refractivity contribution in [1.29, 1.82) is 0 Å². The molecule has 0 amide bonds. The number of nitrogens with one attached hydrogen (secondary N) is 4. The molecule has 1 radical (unpaired) electrons. The normalized spacial score (nSPS) is 11.5. The van der Waals surface area contributed by atoms with Crippen LogP contribution in [0.15, 0.2) is 0 Å². The standard InChI is InChI=1S/2C3H8N2.Co.2H2N/c2*1-3(5)2-4;;;/h2*3-5H,2H2,1H3;;2*1H2/q2*-2;;2*-1. The molecule has 0 bridgehead atoms. The summed E-state index contributed by atoms with van der Waals surface area (Å²) in [5.74, 6) is 0. The first kappa shape index (κ1) is 29.2. The zero-order valence-corrected chi connectivity index (χ0v) is 9.10. The van der Waals surface area contributed by atoms with Gasteiger partial charge in [-0.15, -0.1) is 0 Å². The van der Waals surface area contributed by atoms with Gasteiger partial charge in [0, 0.05) is 16.8 Å².